The molecule has 1 unspecified atom stereocenters. The van der Waals surface area contributed by atoms with Crippen LogP contribution in [0.15, 0.2) is 30.3 Å². The molecule has 0 N–H and O–H groups in total. The number of ether oxygens (including phenoxy) is 1. The minimum absolute atomic E-state index is 0.210. The van der Waals surface area contributed by atoms with E-state index in [0.29, 0.717) is 18.3 Å². The Hall–Kier alpha value is -1.15. The molecule has 0 aromatic heterocycles. The predicted octanol–water partition coefficient (Wildman–Crippen LogP) is 4.42. The quantitative estimate of drug-likeness (QED) is 0.801. The van der Waals surface area contributed by atoms with E-state index in [9.17, 15) is 4.79 Å². The van der Waals surface area contributed by atoms with Crippen LogP contribution in [0.5, 0.6) is 0 Å². The molecule has 3 rings (SSSR count). The van der Waals surface area contributed by atoms with E-state index in [1.165, 1.54) is 24.8 Å². The summed E-state index contributed by atoms with van der Waals surface area (Å²) in [6.07, 6.45) is 9.89. The number of rotatable bonds is 5. The molecule has 1 saturated carbocycles. The van der Waals surface area contributed by atoms with Crippen LogP contribution in [0.4, 0.5) is 0 Å². The lowest BCUT2D eigenvalue weighted by Gasteiger charge is -2.36. The molecule has 2 fully saturated rings. The van der Waals surface area contributed by atoms with Gasteiger partial charge in [-0.1, -0.05) is 49.6 Å². The highest BCUT2D eigenvalue weighted by atomic mass is 16.5. The van der Waals surface area contributed by atoms with Crippen molar-refractivity contribution in [1.29, 1.82) is 0 Å². The Morgan fingerprint density at radius 3 is 2.52 bits per heavy atom. The second-order valence-corrected chi connectivity index (χ2v) is 6.61. The fourth-order valence-corrected chi connectivity index (χ4v) is 4.04. The molecule has 2 heteroatoms. The third-order valence-corrected chi connectivity index (χ3v) is 5.28. The fraction of sp³-hybridized carbons (Fsp3) is 0.632. The molecule has 0 bridgehead atoms. The van der Waals surface area contributed by atoms with Gasteiger partial charge in [0.15, 0.2) is 0 Å². The largest absolute Gasteiger partial charge is 0.378 e. The van der Waals surface area contributed by atoms with Gasteiger partial charge in [-0.15, -0.1) is 0 Å². The van der Waals surface area contributed by atoms with Crippen LogP contribution in [0.25, 0.3) is 0 Å². The van der Waals surface area contributed by atoms with Crippen molar-refractivity contribution in [2.24, 2.45) is 0 Å². The molecule has 2 nitrogen and oxygen atoms in total. The van der Waals surface area contributed by atoms with Gasteiger partial charge in [0.2, 0.25) is 0 Å². The van der Waals surface area contributed by atoms with Crippen molar-refractivity contribution >= 4 is 5.78 Å². The summed E-state index contributed by atoms with van der Waals surface area (Å²) < 4.78 is 5.68. The highest BCUT2D eigenvalue weighted by Crippen LogP contribution is 2.41. The van der Waals surface area contributed by atoms with Crippen LogP contribution in [-0.4, -0.2) is 18.5 Å². The first-order valence-corrected chi connectivity index (χ1v) is 8.52. The second-order valence-electron chi connectivity index (χ2n) is 6.61. The van der Waals surface area contributed by atoms with Crippen molar-refractivity contribution in [2.75, 3.05) is 6.61 Å². The van der Waals surface area contributed by atoms with Crippen molar-refractivity contribution in [2.45, 2.75) is 69.3 Å². The lowest BCUT2D eigenvalue weighted by molar-refractivity contribution is -0.126. The van der Waals surface area contributed by atoms with E-state index >= 15 is 0 Å². The molecule has 1 aromatic carbocycles. The Morgan fingerprint density at radius 1 is 1.10 bits per heavy atom. The molecule has 1 aliphatic carbocycles. The number of ketones is 1. The number of benzene rings is 1. The number of Topliss-reactive ketones (excluding diaryl/α,β-unsaturated/α-hetero) is 1. The van der Waals surface area contributed by atoms with Gasteiger partial charge in [0.25, 0.3) is 0 Å². The maximum Gasteiger partial charge on any atom is 0.143 e. The van der Waals surface area contributed by atoms with Gasteiger partial charge in [0.05, 0.1) is 11.5 Å². The number of hydrogen-bond donors (Lipinski definition) is 0. The molecule has 1 aliphatic heterocycles. The summed E-state index contributed by atoms with van der Waals surface area (Å²) >= 11 is 0. The lowest BCUT2D eigenvalue weighted by atomic mass is 9.66. The molecule has 1 aromatic rings. The van der Waals surface area contributed by atoms with E-state index in [4.69, 9.17) is 4.74 Å². The number of hydrogen-bond acceptors (Lipinski definition) is 2. The van der Waals surface area contributed by atoms with Crippen LogP contribution in [0.3, 0.4) is 0 Å². The van der Waals surface area contributed by atoms with Gasteiger partial charge in [-0.2, -0.15) is 0 Å². The van der Waals surface area contributed by atoms with Crippen molar-refractivity contribution in [1.82, 2.24) is 0 Å². The van der Waals surface area contributed by atoms with Crippen LogP contribution in [0, 0.1) is 0 Å². The molecular weight excluding hydrogens is 260 g/mol. The van der Waals surface area contributed by atoms with Gasteiger partial charge in [0.1, 0.15) is 5.78 Å². The SMILES string of the molecule is O=C(CCC1CCCO1)C1(c2ccccc2)CCCCC1. The van der Waals surface area contributed by atoms with Gasteiger partial charge in [-0.3, -0.25) is 4.79 Å². The molecule has 21 heavy (non-hydrogen) atoms. The minimum atomic E-state index is -0.210. The molecule has 2 aliphatic rings. The van der Waals surface area contributed by atoms with Gasteiger partial charge >= 0.3 is 0 Å². The summed E-state index contributed by atoms with van der Waals surface area (Å²) in [4.78, 5) is 13.0. The summed E-state index contributed by atoms with van der Waals surface area (Å²) in [7, 11) is 0. The standard InChI is InChI=1S/C19H26O2/c20-18(12-11-17-10-7-15-21-17)19(13-5-2-6-14-19)16-8-3-1-4-9-16/h1,3-4,8-9,17H,2,5-7,10-15H2. The summed E-state index contributed by atoms with van der Waals surface area (Å²) in [6, 6.07) is 10.5. The van der Waals surface area contributed by atoms with Gasteiger partial charge in [-0.25, -0.2) is 0 Å². The Balaban J connectivity index is 1.73. The van der Waals surface area contributed by atoms with E-state index in [1.54, 1.807) is 0 Å². The maximum absolute atomic E-state index is 13.0. The van der Waals surface area contributed by atoms with Crippen molar-refractivity contribution in [3.05, 3.63) is 35.9 Å². The second kappa shape index (κ2) is 6.74. The van der Waals surface area contributed by atoms with E-state index in [-0.39, 0.29) is 5.41 Å². The van der Waals surface area contributed by atoms with Crippen LogP contribution >= 0.6 is 0 Å². The maximum atomic E-state index is 13.0. The smallest absolute Gasteiger partial charge is 0.143 e. The average Bonchev–Trinajstić information content (AvgIpc) is 3.07. The summed E-state index contributed by atoms with van der Waals surface area (Å²) in [5, 5.41) is 0. The van der Waals surface area contributed by atoms with Crippen LogP contribution in [-0.2, 0) is 14.9 Å². The lowest BCUT2D eigenvalue weighted by Crippen LogP contribution is -2.38. The van der Waals surface area contributed by atoms with E-state index < -0.39 is 0 Å². The Kier molecular flexibility index (Phi) is 4.74. The summed E-state index contributed by atoms with van der Waals surface area (Å²) in [5.41, 5.74) is 1.03. The minimum Gasteiger partial charge on any atom is -0.378 e. The number of carbonyl (C=O) groups is 1. The monoisotopic (exact) mass is 286 g/mol. The fourth-order valence-electron chi connectivity index (χ4n) is 4.04. The molecule has 0 amide bonds. The topological polar surface area (TPSA) is 26.3 Å². The number of carbonyl (C=O) groups excluding carboxylic acids is 1. The summed E-state index contributed by atoms with van der Waals surface area (Å²) in [5.74, 6) is 0.448. The third kappa shape index (κ3) is 3.21. The highest BCUT2D eigenvalue weighted by molar-refractivity contribution is 5.90. The molecule has 0 spiro atoms. The molecule has 1 heterocycles. The third-order valence-electron chi connectivity index (χ3n) is 5.28. The molecule has 1 saturated heterocycles. The van der Waals surface area contributed by atoms with Crippen molar-refractivity contribution in [3.63, 3.8) is 0 Å². The molecular formula is C19H26O2. The average molecular weight is 286 g/mol. The van der Waals surface area contributed by atoms with Gasteiger partial charge in [0, 0.05) is 13.0 Å². The first-order valence-electron chi connectivity index (χ1n) is 8.52. The highest BCUT2D eigenvalue weighted by Gasteiger charge is 2.40. The van der Waals surface area contributed by atoms with E-state index in [1.807, 2.05) is 6.07 Å². The Labute approximate surface area is 127 Å². The van der Waals surface area contributed by atoms with Gasteiger partial charge < -0.3 is 4.74 Å². The van der Waals surface area contributed by atoms with Crippen molar-refractivity contribution < 1.29 is 9.53 Å². The zero-order chi connectivity index (χ0) is 14.5. The van der Waals surface area contributed by atoms with Crippen LogP contribution in [0.1, 0.15) is 63.4 Å². The van der Waals surface area contributed by atoms with Crippen LogP contribution < -0.4 is 0 Å². The molecule has 1 atom stereocenters. The predicted molar refractivity (Wildman–Crippen MR) is 84.4 cm³/mol. The Morgan fingerprint density at radius 2 is 1.86 bits per heavy atom. The van der Waals surface area contributed by atoms with Crippen LogP contribution in [0.2, 0.25) is 0 Å². The van der Waals surface area contributed by atoms with Crippen molar-refractivity contribution in [3.8, 4) is 0 Å². The Bertz CT molecular complexity index is 454. The van der Waals surface area contributed by atoms with E-state index in [2.05, 4.69) is 24.3 Å². The zero-order valence-corrected chi connectivity index (χ0v) is 12.9. The molecule has 114 valence electrons. The first-order chi connectivity index (χ1) is 10.3. The first kappa shape index (κ1) is 14.8. The normalized spacial score (nSPS) is 24.9. The van der Waals surface area contributed by atoms with E-state index in [0.717, 1.165) is 38.7 Å². The summed E-state index contributed by atoms with van der Waals surface area (Å²) in [6.45, 7) is 0.878. The molecule has 0 radical (unpaired) electrons. The zero-order valence-electron chi connectivity index (χ0n) is 12.9. The van der Waals surface area contributed by atoms with Gasteiger partial charge in [-0.05, 0) is 37.7 Å².